The van der Waals surface area contributed by atoms with Crippen molar-refractivity contribution in [1.82, 2.24) is 0 Å². The summed E-state index contributed by atoms with van der Waals surface area (Å²) in [6, 6.07) is 9.59. The van der Waals surface area contributed by atoms with Crippen molar-refractivity contribution in [2.24, 2.45) is 0 Å². The zero-order valence-corrected chi connectivity index (χ0v) is 9.04. The van der Waals surface area contributed by atoms with Gasteiger partial charge in [0.15, 0.2) is 0 Å². The number of allylic oxidation sites excluding steroid dienone is 1. The van der Waals surface area contributed by atoms with Crippen LogP contribution in [0.5, 0.6) is 5.75 Å². The van der Waals surface area contributed by atoms with Crippen molar-refractivity contribution < 1.29 is 5.11 Å². The van der Waals surface area contributed by atoms with Crippen LogP contribution in [0.15, 0.2) is 36.9 Å². The van der Waals surface area contributed by atoms with Gasteiger partial charge in [-0.3, -0.25) is 0 Å². The normalized spacial score (nSPS) is 10.5. The highest BCUT2D eigenvalue weighted by Gasteiger charge is 2.05. The maximum absolute atomic E-state index is 9.50. The molecular weight excluding hydrogens is 184 g/mol. The summed E-state index contributed by atoms with van der Waals surface area (Å²) in [5, 5.41) is 11.7. The second kappa shape index (κ2) is 3.43. The highest BCUT2D eigenvalue weighted by Crippen LogP contribution is 2.29. The zero-order chi connectivity index (χ0) is 11.0. The molecule has 0 unspecified atom stereocenters. The maximum Gasteiger partial charge on any atom is 0.116 e. The molecule has 1 heteroatoms. The molecule has 0 spiro atoms. The SMILES string of the molecule is C=C(C)c1c(C)ccc2ccc(O)cc12. The van der Waals surface area contributed by atoms with Gasteiger partial charge in [0.2, 0.25) is 0 Å². The minimum absolute atomic E-state index is 0.301. The summed E-state index contributed by atoms with van der Waals surface area (Å²) in [6.45, 7) is 8.04. The predicted molar refractivity (Wildman–Crippen MR) is 65.1 cm³/mol. The van der Waals surface area contributed by atoms with Crippen LogP contribution in [0.2, 0.25) is 0 Å². The average Bonchev–Trinajstić information content (AvgIpc) is 2.16. The number of aromatic hydroxyl groups is 1. The van der Waals surface area contributed by atoms with Gasteiger partial charge in [0.1, 0.15) is 5.75 Å². The monoisotopic (exact) mass is 198 g/mol. The first-order chi connectivity index (χ1) is 7.09. The Kier molecular flexibility index (Phi) is 2.24. The quantitative estimate of drug-likeness (QED) is 0.737. The first kappa shape index (κ1) is 9.78. The number of phenolic OH excluding ortho intramolecular Hbond substituents is 1. The third-order valence-corrected chi connectivity index (χ3v) is 2.64. The van der Waals surface area contributed by atoms with E-state index in [0.717, 1.165) is 21.9 Å². The third kappa shape index (κ3) is 1.61. The predicted octanol–water partition coefficient (Wildman–Crippen LogP) is 3.89. The van der Waals surface area contributed by atoms with Crippen LogP contribution in [0.3, 0.4) is 0 Å². The average molecular weight is 198 g/mol. The molecule has 0 heterocycles. The molecule has 0 fully saturated rings. The van der Waals surface area contributed by atoms with Crippen LogP contribution in [-0.4, -0.2) is 5.11 Å². The Hall–Kier alpha value is -1.76. The summed E-state index contributed by atoms with van der Waals surface area (Å²) in [6.07, 6.45) is 0. The first-order valence-corrected chi connectivity index (χ1v) is 4.98. The van der Waals surface area contributed by atoms with E-state index in [1.807, 2.05) is 13.0 Å². The van der Waals surface area contributed by atoms with Crippen molar-refractivity contribution >= 4 is 16.3 Å². The van der Waals surface area contributed by atoms with Crippen molar-refractivity contribution in [3.05, 3.63) is 48.0 Å². The molecule has 15 heavy (non-hydrogen) atoms. The van der Waals surface area contributed by atoms with Crippen molar-refractivity contribution in [3.8, 4) is 5.75 Å². The molecule has 0 amide bonds. The Morgan fingerprint density at radius 2 is 1.87 bits per heavy atom. The van der Waals surface area contributed by atoms with E-state index in [2.05, 4.69) is 25.6 Å². The summed E-state index contributed by atoms with van der Waals surface area (Å²) in [5.74, 6) is 0.301. The van der Waals surface area contributed by atoms with E-state index in [1.54, 1.807) is 12.1 Å². The fourth-order valence-corrected chi connectivity index (χ4v) is 1.98. The van der Waals surface area contributed by atoms with Crippen LogP contribution in [0.4, 0.5) is 0 Å². The summed E-state index contributed by atoms with van der Waals surface area (Å²) < 4.78 is 0. The number of aryl methyl sites for hydroxylation is 1. The number of fused-ring (bicyclic) bond motifs is 1. The van der Waals surface area contributed by atoms with Crippen molar-refractivity contribution in [1.29, 1.82) is 0 Å². The maximum atomic E-state index is 9.50. The second-order valence-electron chi connectivity index (χ2n) is 3.94. The van der Waals surface area contributed by atoms with E-state index in [1.165, 1.54) is 5.56 Å². The second-order valence-corrected chi connectivity index (χ2v) is 3.94. The summed E-state index contributed by atoms with van der Waals surface area (Å²) in [5.41, 5.74) is 3.37. The first-order valence-electron chi connectivity index (χ1n) is 4.98. The molecule has 2 rings (SSSR count). The molecule has 0 radical (unpaired) electrons. The lowest BCUT2D eigenvalue weighted by Gasteiger charge is -2.10. The van der Waals surface area contributed by atoms with Crippen molar-refractivity contribution in [2.45, 2.75) is 13.8 Å². The zero-order valence-electron chi connectivity index (χ0n) is 9.04. The van der Waals surface area contributed by atoms with Gasteiger partial charge < -0.3 is 5.11 Å². The van der Waals surface area contributed by atoms with Crippen LogP contribution in [0, 0.1) is 6.92 Å². The van der Waals surface area contributed by atoms with Crippen molar-refractivity contribution in [3.63, 3.8) is 0 Å². The van der Waals surface area contributed by atoms with Gasteiger partial charge in [-0.1, -0.05) is 30.4 Å². The Balaban J connectivity index is 2.90. The minimum atomic E-state index is 0.301. The van der Waals surface area contributed by atoms with Gasteiger partial charge in [0.05, 0.1) is 0 Å². The molecule has 0 aliphatic carbocycles. The molecule has 0 aliphatic rings. The molecule has 0 aliphatic heterocycles. The third-order valence-electron chi connectivity index (χ3n) is 2.64. The van der Waals surface area contributed by atoms with Crippen LogP contribution in [-0.2, 0) is 0 Å². The molecule has 0 saturated heterocycles. The molecule has 76 valence electrons. The smallest absolute Gasteiger partial charge is 0.116 e. The Bertz CT molecular complexity index is 533. The topological polar surface area (TPSA) is 20.2 Å². The lowest BCUT2D eigenvalue weighted by Crippen LogP contribution is -1.87. The molecule has 1 N–H and O–H groups in total. The van der Waals surface area contributed by atoms with Crippen LogP contribution in [0.25, 0.3) is 16.3 Å². The van der Waals surface area contributed by atoms with Gasteiger partial charge in [-0.05, 0) is 47.9 Å². The van der Waals surface area contributed by atoms with Crippen LogP contribution >= 0.6 is 0 Å². The summed E-state index contributed by atoms with van der Waals surface area (Å²) in [7, 11) is 0. The molecular formula is C14H14O. The Morgan fingerprint density at radius 3 is 2.53 bits per heavy atom. The largest absolute Gasteiger partial charge is 0.508 e. The fraction of sp³-hybridized carbons (Fsp3) is 0.143. The Morgan fingerprint density at radius 1 is 1.20 bits per heavy atom. The molecule has 0 atom stereocenters. The van der Waals surface area contributed by atoms with Crippen molar-refractivity contribution in [2.75, 3.05) is 0 Å². The highest BCUT2D eigenvalue weighted by molar-refractivity contribution is 5.95. The highest BCUT2D eigenvalue weighted by atomic mass is 16.3. The van der Waals surface area contributed by atoms with Gasteiger partial charge in [-0.2, -0.15) is 0 Å². The van der Waals surface area contributed by atoms with E-state index >= 15 is 0 Å². The van der Waals surface area contributed by atoms with Gasteiger partial charge in [-0.15, -0.1) is 0 Å². The van der Waals surface area contributed by atoms with Crippen LogP contribution in [0.1, 0.15) is 18.1 Å². The van der Waals surface area contributed by atoms with E-state index < -0.39 is 0 Å². The molecule has 0 aromatic heterocycles. The van der Waals surface area contributed by atoms with E-state index in [4.69, 9.17) is 0 Å². The Labute approximate surface area is 89.7 Å². The fourth-order valence-electron chi connectivity index (χ4n) is 1.98. The lowest BCUT2D eigenvalue weighted by molar-refractivity contribution is 0.476. The number of hydrogen-bond donors (Lipinski definition) is 1. The number of rotatable bonds is 1. The lowest BCUT2D eigenvalue weighted by atomic mass is 9.95. The summed E-state index contributed by atoms with van der Waals surface area (Å²) >= 11 is 0. The number of phenols is 1. The number of benzene rings is 2. The summed E-state index contributed by atoms with van der Waals surface area (Å²) in [4.78, 5) is 0. The van der Waals surface area contributed by atoms with Gasteiger partial charge in [-0.25, -0.2) is 0 Å². The molecule has 1 nitrogen and oxygen atoms in total. The molecule has 0 saturated carbocycles. The van der Waals surface area contributed by atoms with Gasteiger partial charge in [0.25, 0.3) is 0 Å². The molecule has 2 aromatic rings. The van der Waals surface area contributed by atoms with Gasteiger partial charge >= 0.3 is 0 Å². The molecule has 0 bridgehead atoms. The number of hydrogen-bond acceptors (Lipinski definition) is 1. The molecule has 2 aromatic carbocycles. The standard InChI is InChI=1S/C14H14O/c1-9(2)14-10(3)4-5-11-6-7-12(15)8-13(11)14/h4-8,15H,1H2,2-3H3. The van der Waals surface area contributed by atoms with E-state index in [9.17, 15) is 5.11 Å². The van der Waals surface area contributed by atoms with E-state index in [-0.39, 0.29) is 0 Å². The van der Waals surface area contributed by atoms with E-state index in [0.29, 0.717) is 5.75 Å². The van der Waals surface area contributed by atoms with Gasteiger partial charge in [0, 0.05) is 0 Å². The van der Waals surface area contributed by atoms with Crippen LogP contribution < -0.4 is 0 Å². The minimum Gasteiger partial charge on any atom is -0.508 e.